The molecule has 7 heteroatoms. The number of carboxylic acids is 1. The van der Waals surface area contributed by atoms with Gasteiger partial charge in [0.2, 0.25) is 0 Å². The molecule has 1 aromatic carbocycles. The molecule has 0 aliphatic carbocycles. The molecule has 0 saturated carbocycles. The average Bonchev–Trinajstić information content (AvgIpc) is 2.48. The summed E-state index contributed by atoms with van der Waals surface area (Å²) in [6.45, 7) is 3.33. The van der Waals surface area contributed by atoms with Crippen LogP contribution in [0.15, 0.2) is 30.3 Å². The minimum atomic E-state index is -1.33. The zero-order chi connectivity index (χ0) is 15.6. The van der Waals surface area contributed by atoms with Crippen LogP contribution in [0.2, 0.25) is 0 Å². The van der Waals surface area contributed by atoms with Gasteiger partial charge in [0.25, 0.3) is 0 Å². The van der Waals surface area contributed by atoms with E-state index in [9.17, 15) is 14.7 Å². The number of benzene rings is 1. The molecule has 21 heavy (non-hydrogen) atoms. The van der Waals surface area contributed by atoms with Gasteiger partial charge in [0, 0.05) is 5.69 Å². The molecule has 1 N–H and O–H groups in total. The molecular weight excluding hydrogens is 274 g/mol. The topological polar surface area (TPSA) is 73.3 Å². The maximum atomic E-state index is 12.6. The largest absolute Gasteiger partial charge is 0.480 e. The number of carboxylic acid groups (broad SMARTS) is 1. The van der Waals surface area contributed by atoms with Crippen LogP contribution in [0.25, 0.3) is 0 Å². The fraction of sp³-hybridized carbons (Fsp3) is 0.429. The molecule has 0 radical (unpaired) electrons. The lowest BCUT2D eigenvalue weighted by atomic mass is 10.0. The highest BCUT2D eigenvalue weighted by atomic mass is 16.7. The molecule has 7 nitrogen and oxygen atoms in total. The Morgan fingerprint density at radius 3 is 2.38 bits per heavy atom. The molecule has 1 heterocycles. The Morgan fingerprint density at radius 1 is 1.24 bits per heavy atom. The summed E-state index contributed by atoms with van der Waals surface area (Å²) in [5, 5.41) is 10.9. The molecule has 1 fully saturated rings. The van der Waals surface area contributed by atoms with Crippen molar-refractivity contribution in [3.05, 3.63) is 30.3 Å². The van der Waals surface area contributed by atoms with Crippen LogP contribution in [0.3, 0.4) is 0 Å². The second-order valence-electron chi connectivity index (χ2n) is 5.29. The van der Waals surface area contributed by atoms with Gasteiger partial charge in [0.05, 0.1) is 7.11 Å². The SMILES string of the molecule is CON1CN(c2ccccc2)C(=O)N(C(C)(C)C(=O)O)C1. The van der Waals surface area contributed by atoms with E-state index in [0.717, 1.165) is 0 Å². The maximum Gasteiger partial charge on any atom is 0.329 e. The molecule has 0 atom stereocenters. The van der Waals surface area contributed by atoms with E-state index in [-0.39, 0.29) is 19.4 Å². The molecule has 1 aliphatic rings. The predicted molar refractivity (Wildman–Crippen MR) is 76.5 cm³/mol. The Morgan fingerprint density at radius 2 is 1.86 bits per heavy atom. The van der Waals surface area contributed by atoms with Gasteiger partial charge in [0.15, 0.2) is 0 Å². The van der Waals surface area contributed by atoms with Gasteiger partial charge in [-0.25, -0.2) is 9.59 Å². The second-order valence-corrected chi connectivity index (χ2v) is 5.29. The van der Waals surface area contributed by atoms with Crippen LogP contribution in [-0.4, -0.2) is 53.1 Å². The number of para-hydroxylation sites is 1. The predicted octanol–water partition coefficient (Wildman–Crippen LogP) is 1.57. The first-order valence-corrected chi connectivity index (χ1v) is 6.54. The summed E-state index contributed by atoms with van der Waals surface area (Å²) in [5.74, 6) is -1.07. The van der Waals surface area contributed by atoms with Crippen LogP contribution in [0.1, 0.15) is 13.8 Å². The van der Waals surface area contributed by atoms with E-state index < -0.39 is 11.5 Å². The molecule has 0 aromatic heterocycles. The van der Waals surface area contributed by atoms with Crippen molar-refractivity contribution < 1.29 is 19.5 Å². The van der Waals surface area contributed by atoms with Crippen molar-refractivity contribution in [2.45, 2.75) is 19.4 Å². The number of carbonyl (C=O) groups excluding carboxylic acids is 1. The molecule has 2 amide bonds. The third-order valence-electron chi connectivity index (χ3n) is 3.58. The van der Waals surface area contributed by atoms with Gasteiger partial charge in [-0.3, -0.25) is 14.6 Å². The van der Waals surface area contributed by atoms with Crippen LogP contribution in [0, 0.1) is 0 Å². The van der Waals surface area contributed by atoms with E-state index in [4.69, 9.17) is 4.84 Å². The van der Waals surface area contributed by atoms with Crippen molar-refractivity contribution in [3.8, 4) is 0 Å². The number of hydrogen-bond acceptors (Lipinski definition) is 4. The number of hydroxylamine groups is 2. The van der Waals surface area contributed by atoms with Crippen LogP contribution < -0.4 is 4.90 Å². The van der Waals surface area contributed by atoms with Gasteiger partial charge in [0.1, 0.15) is 18.9 Å². The first-order chi connectivity index (χ1) is 9.87. The monoisotopic (exact) mass is 293 g/mol. The summed E-state index contributed by atoms with van der Waals surface area (Å²) in [6.07, 6.45) is 0. The molecule has 0 bridgehead atoms. The average molecular weight is 293 g/mol. The van der Waals surface area contributed by atoms with Gasteiger partial charge >= 0.3 is 12.0 Å². The minimum absolute atomic E-state index is 0.0952. The van der Waals surface area contributed by atoms with Gasteiger partial charge in [-0.15, -0.1) is 5.06 Å². The van der Waals surface area contributed by atoms with Crippen molar-refractivity contribution >= 4 is 17.7 Å². The van der Waals surface area contributed by atoms with E-state index in [0.29, 0.717) is 5.69 Å². The molecule has 1 aromatic rings. The Kier molecular flexibility index (Phi) is 4.15. The number of anilines is 1. The highest BCUT2D eigenvalue weighted by Crippen LogP contribution is 2.25. The molecule has 114 valence electrons. The lowest BCUT2D eigenvalue weighted by Gasteiger charge is -2.45. The van der Waals surface area contributed by atoms with Gasteiger partial charge in [-0.05, 0) is 26.0 Å². The molecule has 1 aliphatic heterocycles. The van der Waals surface area contributed by atoms with Gasteiger partial charge in [-0.2, -0.15) is 0 Å². The lowest BCUT2D eigenvalue weighted by molar-refractivity contribution is -0.177. The summed E-state index contributed by atoms with van der Waals surface area (Å²) in [6, 6.07) is 8.72. The number of rotatable bonds is 4. The van der Waals surface area contributed by atoms with Crippen LogP contribution in [-0.2, 0) is 9.63 Å². The molecule has 1 saturated heterocycles. The first kappa shape index (κ1) is 15.3. The maximum absolute atomic E-state index is 12.6. The molecule has 2 rings (SSSR count). The summed E-state index contributed by atoms with van der Waals surface area (Å²) in [7, 11) is 1.49. The van der Waals surface area contributed by atoms with Gasteiger partial charge < -0.3 is 5.11 Å². The number of urea groups is 1. The van der Waals surface area contributed by atoms with Crippen molar-refractivity contribution in [1.29, 1.82) is 0 Å². The Labute approximate surface area is 123 Å². The van der Waals surface area contributed by atoms with E-state index >= 15 is 0 Å². The quantitative estimate of drug-likeness (QED) is 0.912. The van der Waals surface area contributed by atoms with Crippen LogP contribution >= 0.6 is 0 Å². The third-order valence-corrected chi connectivity index (χ3v) is 3.58. The molecule has 0 spiro atoms. The Balaban J connectivity index is 2.36. The zero-order valence-electron chi connectivity index (χ0n) is 12.3. The lowest BCUT2D eigenvalue weighted by Crippen LogP contribution is -2.65. The fourth-order valence-electron chi connectivity index (χ4n) is 2.07. The van der Waals surface area contributed by atoms with E-state index in [2.05, 4.69) is 0 Å². The summed E-state index contributed by atoms with van der Waals surface area (Å²) in [4.78, 5) is 32.0. The summed E-state index contributed by atoms with van der Waals surface area (Å²) >= 11 is 0. The normalized spacial score (nSPS) is 17.2. The Hall–Kier alpha value is -2.12. The molecular formula is C14H19N3O4. The van der Waals surface area contributed by atoms with Crippen molar-refractivity contribution in [1.82, 2.24) is 9.96 Å². The highest BCUT2D eigenvalue weighted by molar-refractivity contribution is 5.96. The number of carbonyl (C=O) groups is 2. The minimum Gasteiger partial charge on any atom is -0.480 e. The Bertz CT molecular complexity index is 532. The van der Waals surface area contributed by atoms with Gasteiger partial charge in [-0.1, -0.05) is 18.2 Å². The standard InChI is InChI=1S/C14H19N3O4/c1-14(2,12(18)19)17-10-15(21-3)9-16(13(17)20)11-7-5-4-6-8-11/h4-8H,9-10H2,1-3H3,(H,18,19). The number of hydrogen-bond donors (Lipinski definition) is 1. The van der Waals surface area contributed by atoms with Crippen LogP contribution in [0.5, 0.6) is 0 Å². The second kappa shape index (κ2) is 5.71. The summed E-state index contributed by atoms with van der Waals surface area (Å²) < 4.78 is 0. The van der Waals surface area contributed by atoms with Crippen molar-refractivity contribution in [3.63, 3.8) is 0 Å². The number of aliphatic carboxylic acids is 1. The molecule has 0 unspecified atom stereocenters. The van der Waals surface area contributed by atoms with E-state index in [1.165, 1.54) is 35.8 Å². The van der Waals surface area contributed by atoms with Crippen molar-refractivity contribution in [2.24, 2.45) is 0 Å². The zero-order valence-corrected chi connectivity index (χ0v) is 12.3. The van der Waals surface area contributed by atoms with Crippen LogP contribution in [0.4, 0.5) is 10.5 Å². The first-order valence-electron chi connectivity index (χ1n) is 6.54. The smallest absolute Gasteiger partial charge is 0.329 e. The number of nitrogens with zero attached hydrogens (tertiary/aromatic N) is 3. The number of amides is 2. The van der Waals surface area contributed by atoms with E-state index in [1.54, 1.807) is 12.1 Å². The highest BCUT2D eigenvalue weighted by Gasteiger charge is 2.44. The van der Waals surface area contributed by atoms with Crippen molar-refractivity contribution in [2.75, 3.05) is 25.3 Å². The fourth-order valence-corrected chi connectivity index (χ4v) is 2.07. The third kappa shape index (κ3) is 2.84. The summed E-state index contributed by atoms with van der Waals surface area (Å²) in [5.41, 5.74) is -0.642. The van der Waals surface area contributed by atoms with E-state index in [1.807, 2.05) is 18.2 Å².